The summed E-state index contributed by atoms with van der Waals surface area (Å²) in [4.78, 5) is 11.6. The molecule has 1 fully saturated rings. The maximum absolute atomic E-state index is 13.6. The Hall–Kier alpha value is -1.67. The van der Waals surface area contributed by atoms with Crippen LogP contribution in [0.1, 0.15) is 37.3 Å². The van der Waals surface area contributed by atoms with Crippen molar-refractivity contribution in [3.05, 3.63) is 28.7 Å². The summed E-state index contributed by atoms with van der Waals surface area (Å²) in [6, 6.07) is 1.14. The Morgan fingerprint density at radius 1 is 1.37 bits per heavy atom. The van der Waals surface area contributed by atoms with E-state index in [9.17, 15) is 13.2 Å². The van der Waals surface area contributed by atoms with E-state index < -0.39 is 12.4 Å². The van der Waals surface area contributed by atoms with Gasteiger partial charge in [0.25, 0.3) is 0 Å². The van der Waals surface area contributed by atoms with Gasteiger partial charge in [-0.3, -0.25) is 4.90 Å². The van der Waals surface area contributed by atoms with Gasteiger partial charge in [0.05, 0.1) is 17.5 Å². The summed E-state index contributed by atoms with van der Waals surface area (Å²) in [7, 11) is 0. The minimum Gasteiger partial charge on any atom is -0.416 e. The van der Waals surface area contributed by atoms with Gasteiger partial charge in [-0.1, -0.05) is 13.8 Å². The molecule has 27 heavy (non-hydrogen) atoms. The molecule has 2 aromatic heterocycles. The standard InChI is InChI=1S/C19H24F3N3OS/c1-11(2)13-5-4-6-25(9-13)10-16-12(3)24-18(27-16)15-7-14(20)8-23-17(15)26-19(21)22/h7-8,11,13,19H,4-6,9-10H2,1-3H3. The minimum absolute atomic E-state index is 0.161. The van der Waals surface area contributed by atoms with E-state index in [4.69, 9.17) is 0 Å². The average molecular weight is 399 g/mol. The third kappa shape index (κ3) is 4.99. The van der Waals surface area contributed by atoms with Gasteiger partial charge in [0.2, 0.25) is 5.88 Å². The molecule has 0 aromatic carbocycles. The van der Waals surface area contributed by atoms with E-state index in [1.165, 1.54) is 24.2 Å². The van der Waals surface area contributed by atoms with Gasteiger partial charge in [0.1, 0.15) is 10.8 Å². The van der Waals surface area contributed by atoms with Gasteiger partial charge >= 0.3 is 6.61 Å². The molecule has 1 aliphatic rings. The molecule has 8 heteroatoms. The number of piperidine rings is 1. The SMILES string of the molecule is Cc1nc(-c2cc(F)cnc2OC(F)F)sc1CN1CCCC(C(C)C)C1. The number of aryl methyl sites for hydroxylation is 1. The molecule has 2 aromatic rings. The predicted molar refractivity (Wildman–Crippen MR) is 99.5 cm³/mol. The van der Waals surface area contributed by atoms with Crippen LogP contribution < -0.4 is 4.74 Å². The Bertz CT molecular complexity index is 782. The summed E-state index contributed by atoms with van der Waals surface area (Å²) in [5, 5.41) is 0.447. The third-order valence-electron chi connectivity index (χ3n) is 4.99. The molecule has 1 atom stereocenters. The zero-order chi connectivity index (χ0) is 19.6. The smallest absolute Gasteiger partial charge is 0.388 e. The van der Waals surface area contributed by atoms with Crippen LogP contribution in [0.4, 0.5) is 13.2 Å². The van der Waals surface area contributed by atoms with Crippen LogP contribution in [0.5, 0.6) is 5.88 Å². The number of ether oxygens (including phenoxy) is 1. The lowest BCUT2D eigenvalue weighted by Gasteiger charge is -2.34. The first-order chi connectivity index (χ1) is 12.8. The lowest BCUT2D eigenvalue weighted by Crippen LogP contribution is -2.36. The normalized spacial score (nSPS) is 18.4. The van der Waals surface area contributed by atoms with Crippen molar-refractivity contribution in [2.45, 2.75) is 46.8 Å². The highest BCUT2D eigenvalue weighted by Crippen LogP contribution is 2.35. The Balaban J connectivity index is 1.82. The summed E-state index contributed by atoms with van der Waals surface area (Å²) in [5.74, 6) is 0.421. The highest BCUT2D eigenvalue weighted by Gasteiger charge is 2.24. The number of rotatable bonds is 6. The molecule has 1 aliphatic heterocycles. The molecule has 4 nitrogen and oxygen atoms in total. The molecule has 1 unspecified atom stereocenters. The van der Waals surface area contributed by atoms with Crippen molar-refractivity contribution >= 4 is 11.3 Å². The van der Waals surface area contributed by atoms with Gasteiger partial charge in [0.15, 0.2) is 0 Å². The lowest BCUT2D eigenvalue weighted by atomic mass is 9.88. The fraction of sp³-hybridized carbons (Fsp3) is 0.579. The first-order valence-corrected chi connectivity index (χ1v) is 9.94. The highest BCUT2D eigenvalue weighted by molar-refractivity contribution is 7.15. The fourth-order valence-electron chi connectivity index (χ4n) is 3.43. The number of nitrogens with zero attached hydrogens (tertiary/aromatic N) is 3. The number of hydrogen-bond acceptors (Lipinski definition) is 5. The molecule has 3 heterocycles. The van der Waals surface area contributed by atoms with E-state index in [1.54, 1.807) is 0 Å². The molecule has 1 saturated heterocycles. The topological polar surface area (TPSA) is 38.3 Å². The van der Waals surface area contributed by atoms with E-state index in [-0.39, 0.29) is 11.4 Å². The van der Waals surface area contributed by atoms with Gasteiger partial charge in [-0.05, 0) is 44.2 Å². The monoisotopic (exact) mass is 399 g/mol. The number of pyridine rings is 1. The number of halogens is 3. The first-order valence-electron chi connectivity index (χ1n) is 9.13. The van der Waals surface area contributed by atoms with Crippen molar-refractivity contribution < 1.29 is 17.9 Å². The maximum Gasteiger partial charge on any atom is 0.388 e. The summed E-state index contributed by atoms with van der Waals surface area (Å²) in [6.07, 6.45) is 3.29. The van der Waals surface area contributed by atoms with Crippen LogP contribution in [0.2, 0.25) is 0 Å². The van der Waals surface area contributed by atoms with Crippen molar-refractivity contribution in [1.82, 2.24) is 14.9 Å². The maximum atomic E-state index is 13.6. The van der Waals surface area contributed by atoms with E-state index >= 15 is 0 Å². The number of alkyl halides is 2. The number of likely N-dealkylation sites (tertiary alicyclic amines) is 1. The van der Waals surface area contributed by atoms with E-state index in [0.717, 1.165) is 42.5 Å². The molecular formula is C19H24F3N3OS. The second-order valence-corrected chi connectivity index (χ2v) is 8.38. The van der Waals surface area contributed by atoms with Gasteiger partial charge < -0.3 is 4.74 Å². The van der Waals surface area contributed by atoms with E-state index in [2.05, 4.69) is 33.5 Å². The summed E-state index contributed by atoms with van der Waals surface area (Å²) >= 11 is 1.38. The van der Waals surface area contributed by atoms with Crippen molar-refractivity contribution in [2.24, 2.45) is 11.8 Å². The van der Waals surface area contributed by atoms with Gasteiger partial charge in [-0.2, -0.15) is 8.78 Å². The molecule has 0 bridgehead atoms. The second-order valence-electron chi connectivity index (χ2n) is 7.29. The molecule has 0 spiro atoms. The van der Waals surface area contributed by atoms with Crippen LogP contribution in [-0.4, -0.2) is 34.6 Å². The van der Waals surface area contributed by atoms with E-state index in [0.29, 0.717) is 16.8 Å². The molecular weight excluding hydrogens is 375 g/mol. The van der Waals surface area contributed by atoms with Crippen LogP contribution in [-0.2, 0) is 6.54 Å². The Labute approximate surface area is 161 Å². The molecule has 0 radical (unpaired) electrons. The zero-order valence-corrected chi connectivity index (χ0v) is 16.5. The summed E-state index contributed by atoms with van der Waals surface area (Å²) < 4.78 is 43.3. The van der Waals surface area contributed by atoms with Crippen LogP contribution >= 0.6 is 11.3 Å². The Kier molecular flexibility index (Phi) is 6.37. The fourth-order valence-corrected chi connectivity index (χ4v) is 4.54. The molecule has 3 rings (SSSR count). The van der Waals surface area contributed by atoms with Gasteiger partial charge in [0, 0.05) is 18.0 Å². The number of thiazole rings is 1. The van der Waals surface area contributed by atoms with Crippen molar-refractivity contribution in [1.29, 1.82) is 0 Å². The Morgan fingerprint density at radius 3 is 2.85 bits per heavy atom. The zero-order valence-electron chi connectivity index (χ0n) is 15.7. The Morgan fingerprint density at radius 2 is 2.15 bits per heavy atom. The molecule has 0 saturated carbocycles. The molecule has 148 valence electrons. The second kappa shape index (κ2) is 8.56. The molecule has 0 N–H and O–H groups in total. The van der Waals surface area contributed by atoms with Crippen LogP contribution in [0.25, 0.3) is 10.6 Å². The number of aromatic nitrogens is 2. The van der Waals surface area contributed by atoms with E-state index in [1.807, 2.05) is 6.92 Å². The minimum atomic E-state index is -3.02. The molecule has 0 aliphatic carbocycles. The van der Waals surface area contributed by atoms with Crippen LogP contribution in [0.15, 0.2) is 12.3 Å². The molecule has 0 amide bonds. The van der Waals surface area contributed by atoms with Crippen molar-refractivity contribution in [2.75, 3.05) is 13.1 Å². The first kappa shape index (κ1) is 20.1. The lowest BCUT2D eigenvalue weighted by molar-refractivity contribution is -0.0524. The van der Waals surface area contributed by atoms with Gasteiger partial charge in [-0.25, -0.2) is 14.4 Å². The third-order valence-corrected chi connectivity index (χ3v) is 6.17. The van der Waals surface area contributed by atoms with Crippen LogP contribution in [0.3, 0.4) is 0 Å². The van der Waals surface area contributed by atoms with Crippen LogP contribution in [0, 0.1) is 24.6 Å². The quantitative estimate of drug-likeness (QED) is 0.676. The highest BCUT2D eigenvalue weighted by atomic mass is 32.1. The van der Waals surface area contributed by atoms with Gasteiger partial charge in [-0.15, -0.1) is 11.3 Å². The van der Waals surface area contributed by atoms with Crippen molar-refractivity contribution in [3.8, 4) is 16.5 Å². The summed E-state index contributed by atoms with van der Waals surface area (Å²) in [5.41, 5.74) is 0.988. The summed E-state index contributed by atoms with van der Waals surface area (Å²) in [6.45, 7) is 6.23. The average Bonchev–Trinajstić information content (AvgIpc) is 2.97. The number of hydrogen-bond donors (Lipinski definition) is 0. The van der Waals surface area contributed by atoms with Crippen molar-refractivity contribution in [3.63, 3.8) is 0 Å². The predicted octanol–water partition coefficient (Wildman–Crippen LogP) is 5.12. The largest absolute Gasteiger partial charge is 0.416 e.